The van der Waals surface area contributed by atoms with E-state index in [0.717, 1.165) is 11.1 Å². The Kier molecular flexibility index (Phi) is 6.22. The van der Waals surface area contributed by atoms with Crippen molar-refractivity contribution in [2.24, 2.45) is 0 Å². The van der Waals surface area contributed by atoms with Crippen molar-refractivity contribution in [3.05, 3.63) is 101 Å². The number of hydrogen-bond acceptors (Lipinski definition) is 2. The third-order valence-corrected chi connectivity index (χ3v) is 4.47. The topological polar surface area (TPSA) is 29.5 Å². The Bertz CT molecular complexity index is 983. The number of para-hydroxylation sites is 1. The predicted octanol–water partition coefficient (Wildman–Crippen LogP) is 5.03. The molecular formula is C24H22FNO2. The van der Waals surface area contributed by atoms with Crippen molar-refractivity contribution < 1.29 is 13.9 Å². The van der Waals surface area contributed by atoms with Crippen LogP contribution in [0.15, 0.2) is 78.9 Å². The molecule has 0 aliphatic rings. The molecule has 0 saturated heterocycles. The minimum atomic E-state index is -0.322. The molecular weight excluding hydrogens is 353 g/mol. The van der Waals surface area contributed by atoms with Crippen LogP contribution < -0.4 is 4.74 Å². The minimum Gasteiger partial charge on any atom is -0.496 e. The molecule has 4 heteroatoms. The first-order chi connectivity index (χ1) is 13.6. The van der Waals surface area contributed by atoms with Gasteiger partial charge in [-0.2, -0.15) is 0 Å². The molecule has 0 aliphatic heterocycles. The van der Waals surface area contributed by atoms with Gasteiger partial charge in [0.1, 0.15) is 11.6 Å². The molecule has 28 heavy (non-hydrogen) atoms. The zero-order chi connectivity index (χ0) is 19.9. The van der Waals surface area contributed by atoms with E-state index in [1.165, 1.54) is 11.0 Å². The molecule has 0 atom stereocenters. The van der Waals surface area contributed by atoms with E-state index in [4.69, 9.17) is 4.74 Å². The quantitative estimate of drug-likeness (QED) is 0.447. The van der Waals surface area contributed by atoms with E-state index in [-0.39, 0.29) is 18.3 Å². The zero-order valence-corrected chi connectivity index (χ0v) is 15.9. The third-order valence-electron chi connectivity index (χ3n) is 4.47. The summed E-state index contributed by atoms with van der Waals surface area (Å²) in [5.74, 6) is 0.165. The molecule has 0 bridgehead atoms. The maximum absolute atomic E-state index is 14.0. The van der Waals surface area contributed by atoms with Crippen molar-refractivity contribution in [2.45, 2.75) is 6.54 Å². The monoisotopic (exact) mass is 375 g/mol. The van der Waals surface area contributed by atoms with Crippen molar-refractivity contribution >= 4 is 17.6 Å². The van der Waals surface area contributed by atoms with Gasteiger partial charge in [0.2, 0.25) is 0 Å². The van der Waals surface area contributed by atoms with Crippen molar-refractivity contribution in [3.63, 3.8) is 0 Å². The van der Waals surface area contributed by atoms with Gasteiger partial charge in [0, 0.05) is 30.3 Å². The Balaban J connectivity index is 1.98. The first-order valence-electron chi connectivity index (χ1n) is 8.99. The number of nitrogens with zero attached hydrogens (tertiary/aromatic N) is 1. The number of likely N-dealkylation sites (N-methyl/N-ethyl adjacent to an activating group) is 1. The molecule has 3 nitrogen and oxygen atoms in total. The number of ether oxygens (including phenoxy) is 1. The van der Waals surface area contributed by atoms with Gasteiger partial charge in [0.05, 0.1) is 7.11 Å². The van der Waals surface area contributed by atoms with Gasteiger partial charge in [-0.25, -0.2) is 4.39 Å². The number of amides is 1. The molecule has 0 fully saturated rings. The van der Waals surface area contributed by atoms with Crippen LogP contribution in [-0.2, 0) is 11.3 Å². The lowest BCUT2D eigenvalue weighted by Crippen LogP contribution is -2.27. The third kappa shape index (κ3) is 4.46. The number of methoxy groups -OCH3 is 1. The second-order valence-electron chi connectivity index (χ2n) is 6.42. The molecule has 0 unspecified atom stereocenters. The largest absolute Gasteiger partial charge is 0.496 e. The van der Waals surface area contributed by atoms with E-state index in [1.807, 2.05) is 60.7 Å². The summed E-state index contributed by atoms with van der Waals surface area (Å²) in [6.45, 7) is 0.182. The Labute approximate surface area is 164 Å². The Hall–Kier alpha value is -3.40. The highest BCUT2D eigenvalue weighted by Crippen LogP contribution is 2.26. The molecule has 0 radical (unpaired) electrons. The Morgan fingerprint density at radius 3 is 2.32 bits per heavy atom. The zero-order valence-electron chi connectivity index (χ0n) is 15.9. The fraction of sp³-hybridized carbons (Fsp3) is 0.125. The summed E-state index contributed by atoms with van der Waals surface area (Å²) in [7, 11) is 3.27. The second kappa shape index (κ2) is 9.00. The van der Waals surface area contributed by atoms with Crippen molar-refractivity contribution in [3.8, 4) is 5.75 Å². The molecule has 1 amide bonds. The second-order valence-corrected chi connectivity index (χ2v) is 6.42. The Morgan fingerprint density at radius 1 is 0.964 bits per heavy atom. The van der Waals surface area contributed by atoms with Gasteiger partial charge in [0.15, 0.2) is 0 Å². The highest BCUT2D eigenvalue weighted by atomic mass is 19.1. The Morgan fingerprint density at radius 2 is 1.61 bits per heavy atom. The molecule has 3 rings (SSSR count). The van der Waals surface area contributed by atoms with Crippen LogP contribution in [0.3, 0.4) is 0 Å². The summed E-state index contributed by atoms with van der Waals surface area (Å²) in [6, 6.07) is 23.4. The van der Waals surface area contributed by atoms with Crippen molar-refractivity contribution in [1.82, 2.24) is 4.90 Å². The van der Waals surface area contributed by atoms with Crippen LogP contribution in [0.1, 0.15) is 16.7 Å². The lowest BCUT2D eigenvalue weighted by atomic mass is 10.0. The summed E-state index contributed by atoms with van der Waals surface area (Å²) in [4.78, 5) is 14.8. The average molecular weight is 375 g/mol. The van der Waals surface area contributed by atoms with Gasteiger partial charge in [0.25, 0.3) is 5.91 Å². The lowest BCUT2D eigenvalue weighted by Gasteiger charge is -2.20. The van der Waals surface area contributed by atoms with Crippen LogP contribution >= 0.6 is 0 Å². The van der Waals surface area contributed by atoms with Gasteiger partial charge >= 0.3 is 0 Å². The molecule has 0 spiro atoms. The standard InChI is InChI=1S/C24H22FNO2/c1-26(17-20-13-6-8-14-22(20)25)24(27)21(18-10-4-3-5-11-18)16-19-12-7-9-15-23(19)28-2/h3-16H,17H2,1-2H3/b21-16+. The van der Waals surface area contributed by atoms with Gasteiger partial charge in [-0.1, -0.05) is 66.7 Å². The fourth-order valence-corrected chi connectivity index (χ4v) is 2.99. The van der Waals surface area contributed by atoms with E-state index < -0.39 is 0 Å². The van der Waals surface area contributed by atoms with Crippen LogP contribution in [0.25, 0.3) is 11.6 Å². The number of benzene rings is 3. The summed E-state index contributed by atoms with van der Waals surface area (Å²) in [5, 5.41) is 0. The number of carbonyl (C=O) groups is 1. The van der Waals surface area contributed by atoms with E-state index in [2.05, 4.69) is 0 Å². The first kappa shape index (κ1) is 19.4. The van der Waals surface area contributed by atoms with Crippen molar-refractivity contribution in [2.75, 3.05) is 14.2 Å². The van der Waals surface area contributed by atoms with Crippen LogP contribution in [0.4, 0.5) is 4.39 Å². The smallest absolute Gasteiger partial charge is 0.254 e. The molecule has 142 valence electrons. The molecule has 3 aromatic carbocycles. The van der Waals surface area contributed by atoms with Gasteiger partial charge in [-0.15, -0.1) is 0 Å². The number of halogens is 1. The first-order valence-corrected chi connectivity index (χ1v) is 8.99. The summed E-state index contributed by atoms with van der Waals surface area (Å²) < 4.78 is 19.4. The normalized spacial score (nSPS) is 11.2. The average Bonchev–Trinajstić information content (AvgIpc) is 2.74. The molecule has 0 heterocycles. The minimum absolute atomic E-state index is 0.182. The predicted molar refractivity (Wildman–Crippen MR) is 110 cm³/mol. The van der Waals surface area contributed by atoms with Gasteiger partial charge < -0.3 is 9.64 Å². The number of carbonyl (C=O) groups excluding carboxylic acids is 1. The highest BCUT2D eigenvalue weighted by molar-refractivity contribution is 6.24. The van der Waals surface area contributed by atoms with Crippen LogP contribution in [0.5, 0.6) is 5.75 Å². The molecule has 3 aromatic rings. The van der Waals surface area contributed by atoms with E-state index >= 15 is 0 Å². The summed E-state index contributed by atoms with van der Waals surface area (Å²) >= 11 is 0. The van der Waals surface area contributed by atoms with Gasteiger partial charge in [-0.05, 0) is 23.8 Å². The van der Waals surface area contributed by atoms with Crippen LogP contribution in [-0.4, -0.2) is 25.0 Å². The highest BCUT2D eigenvalue weighted by Gasteiger charge is 2.18. The summed E-state index contributed by atoms with van der Waals surface area (Å²) in [6.07, 6.45) is 1.81. The van der Waals surface area contributed by atoms with E-state index in [9.17, 15) is 9.18 Å². The van der Waals surface area contributed by atoms with Crippen LogP contribution in [0, 0.1) is 5.82 Å². The maximum atomic E-state index is 14.0. The SMILES string of the molecule is COc1ccccc1/C=C(/C(=O)N(C)Cc1ccccc1F)c1ccccc1. The maximum Gasteiger partial charge on any atom is 0.254 e. The number of rotatable bonds is 6. The van der Waals surface area contributed by atoms with Crippen LogP contribution in [0.2, 0.25) is 0 Å². The lowest BCUT2D eigenvalue weighted by molar-refractivity contribution is -0.124. The molecule has 0 N–H and O–H groups in total. The summed E-state index contributed by atoms with van der Waals surface area (Å²) in [5.41, 5.74) is 2.59. The van der Waals surface area contributed by atoms with Crippen molar-refractivity contribution in [1.29, 1.82) is 0 Å². The molecule has 0 aromatic heterocycles. The molecule has 0 saturated carbocycles. The van der Waals surface area contributed by atoms with E-state index in [0.29, 0.717) is 16.9 Å². The molecule has 0 aliphatic carbocycles. The fourth-order valence-electron chi connectivity index (χ4n) is 2.99. The van der Waals surface area contributed by atoms with Gasteiger partial charge in [-0.3, -0.25) is 4.79 Å². The van der Waals surface area contributed by atoms with E-state index in [1.54, 1.807) is 32.4 Å². The number of hydrogen-bond donors (Lipinski definition) is 0.